The van der Waals surface area contributed by atoms with Crippen LogP contribution in [-0.2, 0) is 11.2 Å². The molecule has 30 heavy (non-hydrogen) atoms. The van der Waals surface area contributed by atoms with Crippen molar-refractivity contribution < 1.29 is 24.5 Å². The van der Waals surface area contributed by atoms with Gasteiger partial charge in [-0.3, -0.25) is 9.89 Å². The zero-order valence-electron chi connectivity index (χ0n) is 17.8. The summed E-state index contributed by atoms with van der Waals surface area (Å²) in [6, 6.07) is 0. The predicted molar refractivity (Wildman–Crippen MR) is 108 cm³/mol. The number of nitrogens with one attached hydrogen (secondary N) is 1. The number of aromatic nitrogens is 2. The number of aliphatic hydroxyl groups excluding tert-OH is 2. The Kier molecular flexibility index (Phi) is 4.08. The highest BCUT2D eigenvalue weighted by molar-refractivity contribution is 5.90. The Morgan fingerprint density at radius 3 is 2.80 bits per heavy atom. The van der Waals surface area contributed by atoms with Crippen LogP contribution >= 0.6 is 0 Å². The van der Waals surface area contributed by atoms with E-state index >= 15 is 4.39 Å². The summed E-state index contributed by atoms with van der Waals surface area (Å²) in [5.74, 6) is -1.74. The number of hydrogen-bond donors (Lipinski definition) is 4. The molecule has 0 aliphatic heterocycles. The molecule has 164 valence electrons. The quantitative estimate of drug-likeness (QED) is 0.589. The molecular formula is C23H31FN2O4. The number of halogens is 1. The fourth-order valence-corrected chi connectivity index (χ4v) is 8.02. The molecule has 0 spiro atoms. The first-order valence-corrected chi connectivity index (χ1v) is 11.0. The topological polar surface area (TPSA) is 106 Å². The molecule has 7 heteroatoms. The van der Waals surface area contributed by atoms with E-state index in [0.717, 1.165) is 16.8 Å². The highest BCUT2D eigenvalue weighted by Gasteiger charge is 2.75. The van der Waals surface area contributed by atoms with Gasteiger partial charge in [-0.15, -0.1) is 0 Å². The van der Waals surface area contributed by atoms with Gasteiger partial charge in [0.1, 0.15) is 17.9 Å². The summed E-state index contributed by atoms with van der Waals surface area (Å²) in [7, 11) is 0. The van der Waals surface area contributed by atoms with Gasteiger partial charge in [-0.2, -0.15) is 5.10 Å². The second-order valence-electron chi connectivity index (χ2n) is 10.6. The van der Waals surface area contributed by atoms with Crippen molar-refractivity contribution in [3.8, 4) is 0 Å². The summed E-state index contributed by atoms with van der Waals surface area (Å²) in [5, 5.41) is 39.5. The first-order chi connectivity index (χ1) is 14.0. The summed E-state index contributed by atoms with van der Waals surface area (Å²) in [5.41, 5.74) is -2.59. The van der Waals surface area contributed by atoms with Gasteiger partial charge in [0.15, 0.2) is 5.78 Å². The third-order valence-electron chi connectivity index (χ3n) is 9.60. The Labute approximate surface area is 175 Å². The number of H-pyrrole nitrogens is 1. The van der Waals surface area contributed by atoms with Gasteiger partial charge in [-0.1, -0.05) is 26.3 Å². The first kappa shape index (κ1) is 20.3. The SMILES string of the molecule is C[C@@H]1CC2C3CCC4=Cc5[nH]ncc5CC4(C)[C@@]3(F)C(O)CC2(C)[C@@]1(O)C(=O)CO. The number of rotatable bonds is 2. The predicted octanol–water partition coefficient (Wildman–Crippen LogP) is 2.19. The molecule has 6 nitrogen and oxygen atoms in total. The van der Waals surface area contributed by atoms with Gasteiger partial charge in [0, 0.05) is 16.7 Å². The molecule has 1 aromatic heterocycles. The maximum atomic E-state index is 17.3. The monoisotopic (exact) mass is 418 g/mol. The molecule has 1 heterocycles. The zero-order valence-corrected chi connectivity index (χ0v) is 17.8. The lowest BCUT2D eigenvalue weighted by Crippen LogP contribution is -2.70. The van der Waals surface area contributed by atoms with Crippen molar-refractivity contribution in [3.05, 3.63) is 23.0 Å². The Morgan fingerprint density at radius 1 is 1.37 bits per heavy atom. The number of ketones is 1. The molecule has 3 fully saturated rings. The highest BCUT2D eigenvalue weighted by atomic mass is 19.1. The van der Waals surface area contributed by atoms with Crippen LogP contribution in [0.5, 0.6) is 0 Å². The highest BCUT2D eigenvalue weighted by Crippen LogP contribution is 2.71. The van der Waals surface area contributed by atoms with Gasteiger partial charge in [0.2, 0.25) is 0 Å². The largest absolute Gasteiger partial charge is 0.390 e. The van der Waals surface area contributed by atoms with Crippen LogP contribution in [0.25, 0.3) is 6.08 Å². The van der Waals surface area contributed by atoms with Gasteiger partial charge < -0.3 is 15.3 Å². The third kappa shape index (κ3) is 2.04. The van der Waals surface area contributed by atoms with Crippen LogP contribution in [0.2, 0.25) is 0 Å². The number of aromatic amines is 1. The number of alkyl halides is 1. The fraction of sp³-hybridized carbons (Fsp3) is 0.739. The standard InChI is InChI=1S/C23H31FN2O4/c1-12-6-16-15-5-4-14-7-17-13(10-25-26-17)8-20(14,2)22(15,24)18(28)9-21(16,3)23(12,30)19(29)11-27/h7,10,12,15-16,18,27-28,30H,4-6,8-9,11H2,1-3H3,(H,25,26)/t12-,15?,16?,18?,20?,21?,22+,23+/m1/s1. The number of allylic oxidation sites excluding steroid dienone is 1. The number of fused-ring (bicyclic) bond motifs is 6. The van der Waals surface area contributed by atoms with Crippen LogP contribution in [0.15, 0.2) is 11.8 Å². The lowest BCUT2D eigenvalue weighted by Gasteiger charge is -2.63. The lowest BCUT2D eigenvalue weighted by molar-refractivity contribution is -0.226. The lowest BCUT2D eigenvalue weighted by atomic mass is 9.43. The molecule has 0 radical (unpaired) electrons. The van der Waals surface area contributed by atoms with E-state index in [-0.39, 0.29) is 12.3 Å². The minimum Gasteiger partial charge on any atom is -0.390 e. The number of hydrogen-bond acceptors (Lipinski definition) is 5. The third-order valence-corrected chi connectivity index (χ3v) is 9.60. The Morgan fingerprint density at radius 2 is 2.10 bits per heavy atom. The van der Waals surface area contributed by atoms with Crippen LogP contribution < -0.4 is 0 Å². The van der Waals surface area contributed by atoms with E-state index in [2.05, 4.69) is 10.2 Å². The van der Waals surface area contributed by atoms with Crippen LogP contribution in [0.1, 0.15) is 57.7 Å². The van der Waals surface area contributed by atoms with Crippen LogP contribution in [-0.4, -0.2) is 55.3 Å². The maximum Gasteiger partial charge on any atom is 0.190 e. The molecule has 0 amide bonds. The number of Topliss-reactive ketones (excluding diaryl/α,β-unsaturated/α-hetero) is 1. The van der Waals surface area contributed by atoms with Gasteiger partial charge >= 0.3 is 0 Å². The van der Waals surface area contributed by atoms with Crippen molar-refractivity contribution in [2.24, 2.45) is 28.6 Å². The summed E-state index contributed by atoms with van der Waals surface area (Å²) in [6.45, 7) is 4.77. The summed E-state index contributed by atoms with van der Waals surface area (Å²) in [6.07, 6.45) is 4.66. The molecule has 0 saturated heterocycles. The van der Waals surface area contributed by atoms with E-state index < -0.39 is 52.4 Å². The number of nitrogens with zero attached hydrogens (tertiary/aromatic N) is 1. The number of carbonyl (C=O) groups excluding carboxylic acids is 1. The van der Waals surface area contributed by atoms with Crippen molar-refractivity contribution in [2.45, 2.75) is 70.2 Å². The summed E-state index contributed by atoms with van der Waals surface area (Å²) in [4.78, 5) is 12.7. The Bertz CT molecular complexity index is 945. The average Bonchev–Trinajstić information content (AvgIpc) is 3.22. The molecule has 4 aliphatic carbocycles. The van der Waals surface area contributed by atoms with E-state index in [1.807, 2.05) is 13.0 Å². The van der Waals surface area contributed by atoms with Gasteiger partial charge in [0.05, 0.1) is 18.0 Å². The van der Waals surface area contributed by atoms with Crippen molar-refractivity contribution >= 4 is 11.9 Å². The van der Waals surface area contributed by atoms with Gasteiger partial charge in [-0.05, 0) is 55.6 Å². The molecular weight excluding hydrogens is 387 g/mol. The Hall–Kier alpha value is -1.57. The normalized spacial score (nSPS) is 49.5. The van der Waals surface area contributed by atoms with E-state index in [1.54, 1.807) is 20.0 Å². The average molecular weight is 419 g/mol. The van der Waals surface area contributed by atoms with E-state index in [9.17, 15) is 20.1 Å². The van der Waals surface area contributed by atoms with Crippen molar-refractivity contribution in [1.29, 1.82) is 0 Å². The van der Waals surface area contributed by atoms with Crippen LogP contribution in [0.3, 0.4) is 0 Å². The number of aliphatic hydroxyl groups is 3. The Balaban J connectivity index is 1.62. The zero-order chi connectivity index (χ0) is 21.7. The van der Waals surface area contributed by atoms with E-state index in [0.29, 0.717) is 25.7 Å². The van der Waals surface area contributed by atoms with E-state index in [1.165, 1.54) is 0 Å². The minimum atomic E-state index is -1.86. The maximum absolute atomic E-state index is 17.3. The molecule has 1 aromatic rings. The molecule has 4 aliphatic rings. The van der Waals surface area contributed by atoms with Crippen molar-refractivity contribution in [1.82, 2.24) is 10.2 Å². The van der Waals surface area contributed by atoms with Crippen molar-refractivity contribution in [2.75, 3.05) is 6.61 Å². The second kappa shape index (κ2) is 6.02. The summed E-state index contributed by atoms with van der Waals surface area (Å²) >= 11 is 0. The molecule has 5 unspecified atom stereocenters. The smallest absolute Gasteiger partial charge is 0.190 e. The molecule has 8 atom stereocenters. The van der Waals surface area contributed by atoms with Crippen LogP contribution in [0, 0.1) is 28.6 Å². The first-order valence-electron chi connectivity index (χ1n) is 11.0. The number of carbonyl (C=O) groups is 1. The van der Waals surface area contributed by atoms with E-state index in [4.69, 9.17) is 0 Å². The van der Waals surface area contributed by atoms with Crippen molar-refractivity contribution in [3.63, 3.8) is 0 Å². The molecule has 0 aromatic carbocycles. The van der Waals surface area contributed by atoms with Gasteiger partial charge in [-0.25, -0.2) is 4.39 Å². The fourth-order valence-electron chi connectivity index (χ4n) is 8.02. The summed E-state index contributed by atoms with van der Waals surface area (Å²) < 4.78 is 17.3. The molecule has 4 N–H and O–H groups in total. The second-order valence-corrected chi connectivity index (χ2v) is 10.6. The van der Waals surface area contributed by atoms with Gasteiger partial charge in [0.25, 0.3) is 0 Å². The van der Waals surface area contributed by atoms with Crippen LogP contribution in [0.4, 0.5) is 4.39 Å². The molecule has 3 saturated carbocycles. The minimum absolute atomic E-state index is 0.00163. The molecule has 5 rings (SSSR count). The molecule has 0 bridgehead atoms.